The van der Waals surface area contributed by atoms with Gasteiger partial charge in [-0.1, -0.05) is 26.8 Å². The quantitative estimate of drug-likeness (QED) is 0.276. The van der Waals surface area contributed by atoms with Gasteiger partial charge in [-0.25, -0.2) is 4.79 Å². The summed E-state index contributed by atoms with van der Waals surface area (Å²) in [6.45, 7) is 18.3. The van der Waals surface area contributed by atoms with Crippen LogP contribution in [0.3, 0.4) is 0 Å². The van der Waals surface area contributed by atoms with Crippen LogP contribution in [0.5, 0.6) is 0 Å². The predicted molar refractivity (Wildman–Crippen MR) is 125 cm³/mol. The van der Waals surface area contributed by atoms with Gasteiger partial charge in [0.05, 0.1) is 25.5 Å². The summed E-state index contributed by atoms with van der Waals surface area (Å²) in [5, 5.41) is 19.5. The molecule has 2 atom stereocenters. The van der Waals surface area contributed by atoms with Crippen LogP contribution in [0.25, 0.3) is 0 Å². The lowest BCUT2D eigenvalue weighted by Gasteiger charge is -2.37. The highest BCUT2D eigenvalue weighted by Crippen LogP contribution is 2.36. The zero-order chi connectivity index (χ0) is 24.1. The minimum Gasteiger partial charge on any atom is -0.465 e. The van der Waals surface area contributed by atoms with Crippen LogP contribution in [0.2, 0.25) is 18.1 Å². The van der Waals surface area contributed by atoms with Crippen molar-refractivity contribution in [3.63, 3.8) is 0 Å². The number of fused-ring (bicyclic) bond motifs is 1. The van der Waals surface area contributed by atoms with Crippen molar-refractivity contribution in [1.82, 2.24) is 20.4 Å². The van der Waals surface area contributed by atoms with Crippen LogP contribution in [0, 0.1) is 5.92 Å². The fraction of sp³-hybridized carbons (Fsp3) is 0.682. The Balaban J connectivity index is 2.04. The molecule has 2 amide bonds. The third-order valence-electron chi connectivity index (χ3n) is 6.40. The van der Waals surface area contributed by atoms with Crippen LogP contribution in [0.4, 0.5) is 4.79 Å². The molecule has 32 heavy (non-hydrogen) atoms. The SMILES string of the molecule is C=CCOC[C@@H](CNC(=O)c1[nH]nc2c1CN(C(=O)O)[C@H](C)C2)CO[Si](C)(C)C(C)(C)C. The molecule has 1 aromatic heterocycles. The Hall–Kier alpha value is -2.17. The smallest absolute Gasteiger partial charge is 0.407 e. The van der Waals surface area contributed by atoms with E-state index in [4.69, 9.17) is 9.16 Å². The van der Waals surface area contributed by atoms with Crippen molar-refractivity contribution < 1.29 is 23.9 Å². The number of carboxylic acid groups (broad SMARTS) is 1. The van der Waals surface area contributed by atoms with Gasteiger partial charge < -0.3 is 24.5 Å². The van der Waals surface area contributed by atoms with Gasteiger partial charge in [-0.3, -0.25) is 9.89 Å². The molecule has 3 N–H and O–H groups in total. The summed E-state index contributed by atoms with van der Waals surface area (Å²) < 4.78 is 12.0. The molecule has 0 spiro atoms. The van der Waals surface area contributed by atoms with E-state index in [0.717, 1.165) is 5.69 Å². The van der Waals surface area contributed by atoms with Gasteiger partial charge in [-0.05, 0) is 25.1 Å². The van der Waals surface area contributed by atoms with Crippen molar-refractivity contribution in [2.24, 2.45) is 5.92 Å². The maximum absolute atomic E-state index is 12.9. The molecule has 0 saturated carbocycles. The lowest BCUT2D eigenvalue weighted by Crippen LogP contribution is -2.44. The van der Waals surface area contributed by atoms with Crippen molar-refractivity contribution in [2.45, 2.75) is 64.8 Å². The summed E-state index contributed by atoms with van der Waals surface area (Å²) in [5.41, 5.74) is 1.70. The minimum absolute atomic E-state index is 0.0256. The molecule has 1 aliphatic heterocycles. The molecule has 0 aliphatic carbocycles. The zero-order valence-electron chi connectivity index (χ0n) is 20.2. The zero-order valence-corrected chi connectivity index (χ0v) is 21.2. The Bertz CT molecular complexity index is 818. The highest BCUT2D eigenvalue weighted by atomic mass is 28.4. The summed E-state index contributed by atoms with van der Waals surface area (Å²) in [7, 11) is -1.93. The van der Waals surface area contributed by atoms with Gasteiger partial charge in [0.1, 0.15) is 5.69 Å². The molecule has 180 valence electrons. The average Bonchev–Trinajstić information content (AvgIpc) is 3.10. The Labute approximate surface area is 191 Å². The molecule has 0 fully saturated rings. The average molecular weight is 467 g/mol. The van der Waals surface area contributed by atoms with Gasteiger partial charge in [0, 0.05) is 37.1 Å². The van der Waals surface area contributed by atoms with Gasteiger partial charge in [0.15, 0.2) is 8.32 Å². The van der Waals surface area contributed by atoms with Gasteiger partial charge in [-0.2, -0.15) is 5.10 Å². The number of carbonyl (C=O) groups excluding carboxylic acids is 1. The third-order valence-corrected chi connectivity index (χ3v) is 10.9. The first-order valence-electron chi connectivity index (χ1n) is 11.0. The van der Waals surface area contributed by atoms with E-state index in [1.807, 2.05) is 6.92 Å². The van der Waals surface area contributed by atoms with E-state index in [-0.39, 0.29) is 29.4 Å². The first-order valence-corrected chi connectivity index (χ1v) is 13.9. The highest BCUT2D eigenvalue weighted by molar-refractivity contribution is 6.74. The van der Waals surface area contributed by atoms with E-state index in [1.165, 1.54) is 4.90 Å². The molecule has 0 unspecified atom stereocenters. The van der Waals surface area contributed by atoms with Crippen molar-refractivity contribution in [3.05, 3.63) is 29.6 Å². The monoisotopic (exact) mass is 466 g/mol. The van der Waals surface area contributed by atoms with Crippen LogP contribution in [-0.2, 0) is 22.1 Å². The fourth-order valence-electron chi connectivity index (χ4n) is 3.25. The topological polar surface area (TPSA) is 117 Å². The van der Waals surface area contributed by atoms with E-state index in [1.54, 1.807) is 6.08 Å². The number of nitrogens with one attached hydrogen (secondary N) is 2. The lowest BCUT2D eigenvalue weighted by atomic mass is 10.00. The molecule has 0 radical (unpaired) electrons. The molecular formula is C22H38N4O5Si. The van der Waals surface area contributed by atoms with Crippen LogP contribution in [0.15, 0.2) is 12.7 Å². The Morgan fingerprint density at radius 3 is 2.69 bits per heavy atom. The van der Waals surface area contributed by atoms with Crippen molar-refractivity contribution in [2.75, 3.05) is 26.4 Å². The molecule has 0 bridgehead atoms. The number of carbonyl (C=O) groups is 2. The molecule has 2 heterocycles. The van der Waals surface area contributed by atoms with Crippen molar-refractivity contribution in [3.8, 4) is 0 Å². The number of ether oxygens (including phenoxy) is 1. The van der Waals surface area contributed by atoms with Gasteiger partial charge in [-0.15, -0.1) is 6.58 Å². The maximum atomic E-state index is 12.9. The second-order valence-electron chi connectivity index (χ2n) is 9.96. The second-order valence-corrected chi connectivity index (χ2v) is 14.8. The largest absolute Gasteiger partial charge is 0.465 e. The summed E-state index contributed by atoms with van der Waals surface area (Å²) in [4.78, 5) is 25.7. The Kier molecular flexibility index (Phi) is 8.66. The number of rotatable bonds is 10. The molecule has 0 saturated heterocycles. The minimum atomic E-state index is -1.93. The lowest BCUT2D eigenvalue weighted by molar-refractivity contribution is 0.0819. The fourth-order valence-corrected chi connectivity index (χ4v) is 4.34. The van der Waals surface area contributed by atoms with E-state index in [9.17, 15) is 14.7 Å². The van der Waals surface area contributed by atoms with Crippen LogP contribution in [-0.4, -0.2) is 72.9 Å². The van der Waals surface area contributed by atoms with Gasteiger partial charge in [0.25, 0.3) is 5.91 Å². The maximum Gasteiger partial charge on any atom is 0.407 e. The predicted octanol–water partition coefficient (Wildman–Crippen LogP) is 3.40. The number of H-pyrrole nitrogens is 1. The van der Waals surface area contributed by atoms with E-state index >= 15 is 0 Å². The summed E-state index contributed by atoms with van der Waals surface area (Å²) in [5.74, 6) is -0.331. The van der Waals surface area contributed by atoms with Crippen molar-refractivity contribution >= 4 is 20.3 Å². The third kappa shape index (κ3) is 6.43. The standard InChI is InChI=1S/C22H38N4O5Si/c1-8-9-30-13-16(14-31-32(6,7)22(3,4)5)11-23-20(27)19-17-12-26(21(28)29)15(2)10-18(17)24-25-19/h8,15-16H,1,9-14H2,2-7H3,(H,23,27)(H,24,25)(H,28,29)/t15-,16-/m1/s1. The summed E-state index contributed by atoms with van der Waals surface area (Å²) >= 11 is 0. The van der Waals surface area contributed by atoms with Crippen molar-refractivity contribution in [1.29, 1.82) is 0 Å². The Morgan fingerprint density at radius 2 is 2.09 bits per heavy atom. The van der Waals surface area contributed by atoms with E-state index < -0.39 is 14.4 Å². The highest BCUT2D eigenvalue weighted by Gasteiger charge is 2.38. The number of nitrogens with zero attached hydrogens (tertiary/aromatic N) is 2. The molecule has 1 aromatic rings. The molecule has 2 rings (SSSR count). The first-order chi connectivity index (χ1) is 14.9. The number of aromatic amines is 1. The van der Waals surface area contributed by atoms with Gasteiger partial charge >= 0.3 is 6.09 Å². The van der Waals surface area contributed by atoms with Crippen LogP contribution < -0.4 is 5.32 Å². The molecule has 9 nitrogen and oxygen atoms in total. The molecular weight excluding hydrogens is 428 g/mol. The summed E-state index contributed by atoms with van der Waals surface area (Å²) in [6, 6.07) is -0.182. The first kappa shape index (κ1) is 26.1. The molecule has 1 aliphatic rings. The number of amides is 2. The second kappa shape index (κ2) is 10.6. The summed E-state index contributed by atoms with van der Waals surface area (Å²) in [6.07, 6.45) is 1.16. The molecule has 10 heteroatoms. The Morgan fingerprint density at radius 1 is 1.41 bits per heavy atom. The number of hydrogen-bond acceptors (Lipinski definition) is 5. The number of aromatic nitrogens is 2. The number of hydrogen-bond donors (Lipinski definition) is 3. The van der Waals surface area contributed by atoms with E-state index in [2.05, 4.69) is 56.0 Å². The van der Waals surface area contributed by atoms with E-state index in [0.29, 0.717) is 44.0 Å². The normalized spacial score (nSPS) is 17.6. The van der Waals surface area contributed by atoms with Gasteiger partial charge in [0.2, 0.25) is 0 Å². The molecule has 0 aromatic carbocycles. The van der Waals surface area contributed by atoms with Crippen LogP contribution in [0.1, 0.15) is 49.4 Å². The van der Waals surface area contributed by atoms with Crippen LogP contribution >= 0.6 is 0 Å².